The molecule has 0 spiro atoms. The molecule has 0 N–H and O–H groups in total. The summed E-state index contributed by atoms with van der Waals surface area (Å²) >= 11 is 0. The molecule has 0 bridgehead atoms. The Labute approximate surface area is 169 Å². The molecule has 1 aromatic carbocycles. The molecule has 154 valence electrons. The number of carbonyl (C=O) groups excluding carboxylic acids is 2. The van der Waals surface area contributed by atoms with Crippen LogP contribution in [0.3, 0.4) is 0 Å². The predicted molar refractivity (Wildman–Crippen MR) is 105 cm³/mol. The quantitative estimate of drug-likeness (QED) is 0.725. The summed E-state index contributed by atoms with van der Waals surface area (Å²) in [6, 6.07) is 6.24. The second-order valence-electron chi connectivity index (χ2n) is 9.12. The van der Waals surface area contributed by atoms with Crippen molar-refractivity contribution in [2.75, 3.05) is 13.1 Å². The van der Waals surface area contributed by atoms with E-state index in [2.05, 4.69) is 5.10 Å². The van der Waals surface area contributed by atoms with Crippen LogP contribution in [-0.4, -0.2) is 45.8 Å². The summed E-state index contributed by atoms with van der Waals surface area (Å²) in [5.74, 6) is -0.161. The number of hydrogen-bond donors (Lipinski definition) is 0. The van der Waals surface area contributed by atoms with Gasteiger partial charge >= 0.3 is 6.09 Å². The number of ether oxygens (including phenoxy) is 1. The van der Waals surface area contributed by atoms with Gasteiger partial charge in [0.05, 0.1) is 17.3 Å². The van der Waals surface area contributed by atoms with Crippen molar-refractivity contribution in [3.8, 4) is 5.69 Å². The number of aldehydes is 1. The summed E-state index contributed by atoms with van der Waals surface area (Å²) in [6.07, 6.45) is 4.40. The lowest BCUT2D eigenvalue weighted by atomic mass is 9.63. The molecule has 1 aromatic heterocycles. The van der Waals surface area contributed by atoms with Crippen molar-refractivity contribution in [3.63, 3.8) is 0 Å². The number of rotatable bonds is 2. The van der Waals surface area contributed by atoms with E-state index in [-0.39, 0.29) is 17.8 Å². The van der Waals surface area contributed by atoms with Crippen LogP contribution in [0.15, 0.2) is 30.5 Å². The van der Waals surface area contributed by atoms with Gasteiger partial charge in [-0.15, -0.1) is 0 Å². The van der Waals surface area contributed by atoms with Crippen molar-refractivity contribution < 1.29 is 18.7 Å². The van der Waals surface area contributed by atoms with E-state index < -0.39 is 11.0 Å². The molecule has 2 atom stereocenters. The minimum atomic E-state index is -0.626. The number of aromatic nitrogens is 2. The highest BCUT2D eigenvalue weighted by Gasteiger charge is 2.49. The van der Waals surface area contributed by atoms with E-state index in [1.807, 2.05) is 25.5 Å². The molecule has 2 heterocycles. The molecule has 6 nitrogen and oxygen atoms in total. The SMILES string of the molecule is CC(C)(C)OC(=O)N1CCC2Cc3c(cnn3-c3ccc(F)cc3)CC2(C=O)C1. The Morgan fingerprint density at radius 3 is 2.69 bits per heavy atom. The number of hydrogen-bond acceptors (Lipinski definition) is 4. The summed E-state index contributed by atoms with van der Waals surface area (Å²) in [5.41, 5.74) is 1.67. The van der Waals surface area contributed by atoms with E-state index in [9.17, 15) is 14.0 Å². The Kier molecular flexibility index (Phi) is 4.71. The molecule has 1 fully saturated rings. The molecule has 0 saturated carbocycles. The number of fused-ring (bicyclic) bond motifs is 2. The maximum absolute atomic E-state index is 13.3. The predicted octanol–water partition coefficient (Wildman–Crippen LogP) is 3.55. The van der Waals surface area contributed by atoms with Gasteiger partial charge in [0, 0.05) is 18.8 Å². The number of piperidine rings is 1. The molecule has 2 aliphatic rings. The highest BCUT2D eigenvalue weighted by Crippen LogP contribution is 2.44. The van der Waals surface area contributed by atoms with E-state index in [1.165, 1.54) is 12.1 Å². The lowest BCUT2D eigenvalue weighted by molar-refractivity contribution is -0.123. The molecular weight excluding hydrogens is 373 g/mol. The molecule has 0 radical (unpaired) electrons. The fraction of sp³-hybridized carbons (Fsp3) is 0.500. The second kappa shape index (κ2) is 6.97. The van der Waals surface area contributed by atoms with Crippen LogP contribution < -0.4 is 0 Å². The van der Waals surface area contributed by atoms with Crippen LogP contribution >= 0.6 is 0 Å². The average Bonchev–Trinajstić information content (AvgIpc) is 3.07. The molecule has 2 aromatic rings. The minimum absolute atomic E-state index is 0.127. The van der Waals surface area contributed by atoms with Gasteiger partial charge in [-0.1, -0.05) is 0 Å². The van der Waals surface area contributed by atoms with Crippen LogP contribution in [0.25, 0.3) is 5.69 Å². The monoisotopic (exact) mass is 399 g/mol. The normalized spacial score (nSPS) is 23.9. The van der Waals surface area contributed by atoms with Crippen molar-refractivity contribution in [2.45, 2.75) is 45.6 Å². The third kappa shape index (κ3) is 3.66. The lowest BCUT2D eigenvalue weighted by Gasteiger charge is -2.47. The van der Waals surface area contributed by atoms with Crippen LogP contribution in [0.2, 0.25) is 0 Å². The summed E-state index contributed by atoms with van der Waals surface area (Å²) in [4.78, 5) is 26.5. The van der Waals surface area contributed by atoms with Gasteiger partial charge in [-0.2, -0.15) is 5.10 Å². The molecular formula is C22H26FN3O3. The average molecular weight is 399 g/mol. The van der Waals surface area contributed by atoms with E-state index in [4.69, 9.17) is 4.74 Å². The van der Waals surface area contributed by atoms with Gasteiger partial charge in [-0.3, -0.25) is 0 Å². The van der Waals surface area contributed by atoms with Crippen molar-refractivity contribution in [1.29, 1.82) is 0 Å². The number of benzene rings is 1. The highest BCUT2D eigenvalue weighted by molar-refractivity contribution is 5.71. The van der Waals surface area contributed by atoms with Crippen LogP contribution in [0, 0.1) is 17.2 Å². The molecule has 4 rings (SSSR count). The smallest absolute Gasteiger partial charge is 0.410 e. The summed E-state index contributed by atoms with van der Waals surface area (Å²) in [6.45, 7) is 6.43. The maximum Gasteiger partial charge on any atom is 0.410 e. The molecule has 1 aliphatic heterocycles. The fourth-order valence-corrected chi connectivity index (χ4v) is 4.49. The number of amides is 1. The van der Waals surface area contributed by atoms with Gasteiger partial charge in [0.15, 0.2) is 0 Å². The second-order valence-corrected chi connectivity index (χ2v) is 9.12. The summed E-state index contributed by atoms with van der Waals surface area (Å²) < 4.78 is 20.6. The first-order chi connectivity index (χ1) is 13.7. The zero-order valence-corrected chi connectivity index (χ0v) is 17.0. The first-order valence-corrected chi connectivity index (χ1v) is 9.97. The Balaban J connectivity index is 1.60. The lowest BCUT2D eigenvalue weighted by Crippen LogP contribution is -2.55. The first-order valence-electron chi connectivity index (χ1n) is 9.97. The van der Waals surface area contributed by atoms with E-state index in [1.54, 1.807) is 23.2 Å². The third-order valence-electron chi connectivity index (χ3n) is 5.92. The van der Waals surface area contributed by atoms with Gasteiger partial charge in [-0.25, -0.2) is 13.9 Å². The summed E-state index contributed by atoms with van der Waals surface area (Å²) in [5, 5.41) is 4.50. The molecule has 1 saturated heterocycles. The van der Waals surface area contributed by atoms with Crippen molar-refractivity contribution in [1.82, 2.24) is 14.7 Å². The van der Waals surface area contributed by atoms with E-state index >= 15 is 0 Å². The largest absolute Gasteiger partial charge is 0.444 e. The molecule has 1 amide bonds. The molecule has 2 unspecified atom stereocenters. The highest BCUT2D eigenvalue weighted by atomic mass is 19.1. The van der Waals surface area contributed by atoms with E-state index in [0.29, 0.717) is 25.9 Å². The topological polar surface area (TPSA) is 64.4 Å². The van der Waals surface area contributed by atoms with Crippen molar-refractivity contribution in [2.24, 2.45) is 11.3 Å². The zero-order chi connectivity index (χ0) is 20.8. The van der Waals surface area contributed by atoms with Gasteiger partial charge < -0.3 is 14.4 Å². The Morgan fingerprint density at radius 2 is 2.03 bits per heavy atom. The van der Waals surface area contributed by atoms with Crippen LogP contribution in [-0.2, 0) is 22.4 Å². The number of nitrogens with zero attached hydrogens (tertiary/aromatic N) is 3. The van der Waals surface area contributed by atoms with Crippen LogP contribution in [0.5, 0.6) is 0 Å². The van der Waals surface area contributed by atoms with Gasteiger partial charge in [-0.05, 0) is 75.8 Å². The maximum atomic E-state index is 13.3. The van der Waals surface area contributed by atoms with Crippen molar-refractivity contribution in [3.05, 3.63) is 47.5 Å². The van der Waals surface area contributed by atoms with Gasteiger partial charge in [0.2, 0.25) is 0 Å². The first kappa shape index (κ1) is 19.6. The Hall–Kier alpha value is -2.70. The van der Waals surface area contributed by atoms with Crippen LogP contribution in [0.1, 0.15) is 38.4 Å². The summed E-state index contributed by atoms with van der Waals surface area (Å²) in [7, 11) is 0. The number of likely N-dealkylation sites (tertiary alicyclic amines) is 1. The standard InChI is InChI=1S/C22H26FN3O3/c1-21(2,3)29-20(28)25-9-8-16-10-19-15(11-22(16,13-25)14-27)12-24-26(19)18-6-4-17(23)5-7-18/h4-7,12,14,16H,8-11,13H2,1-3H3. The Bertz CT molecular complexity index is 932. The fourth-order valence-electron chi connectivity index (χ4n) is 4.49. The molecule has 1 aliphatic carbocycles. The minimum Gasteiger partial charge on any atom is -0.444 e. The van der Waals surface area contributed by atoms with Gasteiger partial charge in [0.1, 0.15) is 17.7 Å². The zero-order valence-electron chi connectivity index (χ0n) is 17.0. The molecule has 29 heavy (non-hydrogen) atoms. The van der Waals surface area contributed by atoms with Crippen molar-refractivity contribution >= 4 is 12.4 Å². The number of carbonyl (C=O) groups is 2. The third-order valence-corrected chi connectivity index (χ3v) is 5.92. The molecule has 7 heteroatoms. The number of halogens is 1. The van der Waals surface area contributed by atoms with E-state index in [0.717, 1.165) is 29.7 Å². The van der Waals surface area contributed by atoms with Crippen LogP contribution in [0.4, 0.5) is 9.18 Å². The van der Waals surface area contributed by atoms with Gasteiger partial charge in [0.25, 0.3) is 0 Å². The Morgan fingerprint density at radius 1 is 1.31 bits per heavy atom.